The van der Waals surface area contributed by atoms with Crippen LogP contribution >= 0.6 is 0 Å². The van der Waals surface area contributed by atoms with E-state index in [1.165, 1.54) is 0 Å². The van der Waals surface area contributed by atoms with Gasteiger partial charge in [-0.2, -0.15) is 0 Å². The van der Waals surface area contributed by atoms with Crippen molar-refractivity contribution in [3.8, 4) is 0 Å². The molecule has 0 bridgehead atoms. The fourth-order valence-corrected chi connectivity index (χ4v) is 3.44. The standard InChI is InChI=1S/C18H17N7/c1-2-6-15-14(5-1)21-17(18-22-20-13-25(15)18)24-11-9-23(10-12-24)16-7-3-4-8-19-16/h1-8,13H,9-12H2/p+1. The van der Waals surface area contributed by atoms with Crippen LogP contribution in [0.2, 0.25) is 0 Å². The first-order chi connectivity index (χ1) is 12.4. The van der Waals surface area contributed by atoms with E-state index < -0.39 is 0 Å². The van der Waals surface area contributed by atoms with Crippen LogP contribution in [0.5, 0.6) is 0 Å². The number of fused-ring (bicyclic) bond motifs is 3. The Morgan fingerprint density at radius 2 is 1.68 bits per heavy atom. The van der Waals surface area contributed by atoms with Gasteiger partial charge >= 0.3 is 0 Å². The van der Waals surface area contributed by atoms with E-state index in [1.807, 2.05) is 40.9 Å². The van der Waals surface area contributed by atoms with Gasteiger partial charge in [0.05, 0.1) is 30.3 Å². The maximum Gasteiger partial charge on any atom is 0.274 e. The average Bonchev–Trinajstić information content (AvgIpc) is 3.18. The first kappa shape index (κ1) is 14.2. The molecule has 0 unspecified atom stereocenters. The van der Waals surface area contributed by atoms with Gasteiger partial charge in [0, 0.05) is 6.07 Å². The highest BCUT2D eigenvalue weighted by Gasteiger charge is 2.26. The molecule has 124 valence electrons. The normalized spacial score (nSPS) is 15.2. The zero-order chi connectivity index (χ0) is 16.6. The maximum atomic E-state index is 4.87. The van der Waals surface area contributed by atoms with Crippen molar-refractivity contribution in [1.29, 1.82) is 0 Å². The van der Waals surface area contributed by atoms with Crippen molar-refractivity contribution in [3.63, 3.8) is 0 Å². The zero-order valence-corrected chi connectivity index (χ0v) is 13.7. The fraction of sp³-hybridized carbons (Fsp3) is 0.222. The number of nitrogens with zero attached hydrogens (tertiary/aromatic N) is 6. The van der Waals surface area contributed by atoms with Crippen molar-refractivity contribution in [1.82, 2.24) is 19.6 Å². The molecule has 7 nitrogen and oxygen atoms in total. The number of rotatable bonds is 2. The first-order valence-electron chi connectivity index (χ1n) is 8.45. The van der Waals surface area contributed by atoms with E-state index in [-0.39, 0.29) is 0 Å². The predicted octanol–water partition coefficient (Wildman–Crippen LogP) is 1.42. The third kappa shape index (κ3) is 2.36. The van der Waals surface area contributed by atoms with Gasteiger partial charge in [-0.15, -0.1) is 10.2 Å². The summed E-state index contributed by atoms with van der Waals surface area (Å²) in [6.07, 6.45) is 3.73. The van der Waals surface area contributed by atoms with Crippen LogP contribution < -0.4 is 14.8 Å². The van der Waals surface area contributed by atoms with Crippen molar-refractivity contribution >= 4 is 28.3 Å². The van der Waals surface area contributed by atoms with Gasteiger partial charge in [-0.3, -0.25) is 9.30 Å². The Labute approximate surface area is 144 Å². The lowest BCUT2D eigenvalue weighted by atomic mass is 10.2. The number of aromatic nitrogens is 5. The largest absolute Gasteiger partial charge is 0.346 e. The van der Waals surface area contributed by atoms with Crippen molar-refractivity contribution in [2.75, 3.05) is 36.0 Å². The molecule has 0 amide bonds. The molecule has 0 spiro atoms. The Hall–Kier alpha value is -3.22. The second-order valence-corrected chi connectivity index (χ2v) is 6.17. The topological polar surface area (TPSA) is 63.7 Å². The lowest BCUT2D eigenvalue weighted by Gasteiger charge is -2.31. The Balaban J connectivity index is 1.49. The molecule has 4 heterocycles. The highest BCUT2D eigenvalue weighted by molar-refractivity contribution is 5.82. The molecule has 1 aliphatic heterocycles. The Bertz CT molecular complexity index is 1020. The van der Waals surface area contributed by atoms with E-state index >= 15 is 0 Å². The predicted molar refractivity (Wildman–Crippen MR) is 95.7 cm³/mol. The highest BCUT2D eigenvalue weighted by atomic mass is 15.3. The van der Waals surface area contributed by atoms with Gasteiger partial charge in [0.15, 0.2) is 5.82 Å². The van der Waals surface area contributed by atoms with Crippen LogP contribution in [0.1, 0.15) is 0 Å². The third-order valence-corrected chi connectivity index (χ3v) is 4.73. The van der Waals surface area contributed by atoms with Gasteiger partial charge in [-0.25, -0.2) is 9.97 Å². The van der Waals surface area contributed by atoms with Gasteiger partial charge in [0.25, 0.3) is 5.82 Å². The van der Waals surface area contributed by atoms with E-state index in [2.05, 4.69) is 37.1 Å². The average molecular weight is 332 g/mol. The lowest BCUT2D eigenvalue weighted by Crippen LogP contribution is -2.48. The maximum absolute atomic E-state index is 4.87. The van der Waals surface area contributed by atoms with Gasteiger partial charge < -0.3 is 4.90 Å². The summed E-state index contributed by atoms with van der Waals surface area (Å²) in [6, 6.07) is 14.3. The van der Waals surface area contributed by atoms with Crippen molar-refractivity contribution in [2.24, 2.45) is 0 Å². The van der Waals surface area contributed by atoms with Gasteiger partial charge in [-0.05, 0) is 18.2 Å². The summed E-state index contributed by atoms with van der Waals surface area (Å²) < 4.78 is 2.02. The molecule has 1 saturated heterocycles. The van der Waals surface area contributed by atoms with Crippen LogP contribution in [-0.4, -0.2) is 45.8 Å². The number of anilines is 2. The number of piperazine rings is 1. The zero-order valence-electron chi connectivity index (χ0n) is 13.7. The van der Waals surface area contributed by atoms with E-state index in [0.717, 1.165) is 54.5 Å². The SMILES string of the molecule is c1ccc(N2CCN(c3nc4ccccc4n4cnnc34)CC2)[nH+]c1. The number of H-pyrrole nitrogens is 1. The lowest BCUT2D eigenvalue weighted by molar-refractivity contribution is -0.364. The fourth-order valence-electron chi connectivity index (χ4n) is 3.44. The summed E-state index contributed by atoms with van der Waals surface area (Å²) in [6.45, 7) is 3.68. The third-order valence-electron chi connectivity index (χ3n) is 4.73. The molecule has 1 aliphatic rings. The summed E-state index contributed by atoms with van der Waals surface area (Å²) in [7, 11) is 0. The molecule has 0 atom stereocenters. The van der Waals surface area contributed by atoms with E-state index in [4.69, 9.17) is 4.98 Å². The van der Waals surface area contributed by atoms with E-state index in [9.17, 15) is 0 Å². The second kappa shape index (κ2) is 5.70. The first-order valence-corrected chi connectivity index (χ1v) is 8.45. The Kier molecular flexibility index (Phi) is 3.22. The Morgan fingerprint density at radius 1 is 0.880 bits per heavy atom. The molecule has 0 saturated carbocycles. The molecular formula is C18H18N7+. The molecule has 1 aromatic carbocycles. The van der Waals surface area contributed by atoms with Crippen LogP contribution in [0.3, 0.4) is 0 Å². The monoisotopic (exact) mass is 332 g/mol. The number of para-hydroxylation sites is 2. The minimum atomic E-state index is 0.818. The number of hydrogen-bond donors (Lipinski definition) is 0. The number of nitrogens with one attached hydrogen (secondary N) is 1. The highest BCUT2D eigenvalue weighted by Crippen LogP contribution is 2.24. The van der Waals surface area contributed by atoms with Crippen molar-refractivity contribution < 1.29 is 4.98 Å². The van der Waals surface area contributed by atoms with Crippen molar-refractivity contribution in [2.45, 2.75) is 0 Å². The van der Waals surface area contributed by atoms with Crippen molar-refractivity contribution in [3.05, 3.63) is 55.0 Å². The molecule has 3 aromatic heterocycles. The van der Waals surface area contributed by atoms with Crippen LogP contribution in [0.4, 0.5) is 11.6 Å². The second-order valence-electron chi connectivity index (χ2n) is 6.17. The molecule has 1 fully saturated rings. The Morgan fingerprint density at radius 3 is 2.52 bits per heavy atom. The van der Waals surface area contributed by atoms with Crippen LogP contribution in [0, 0.1) is 0 Å². The summed E-state index contributed by atoms with van der Waals surface area (Å²) in [5.74, 6) is 2.06. The number of pyridine rings is 1. The van der Waals surface area contributed by atoms with Crippen LogP contribution in [0.25, 0.3) is 16.7 Å². The quantitative estimate of drug-likeness (QED) is 0.555. The smallest absolute Gasteiger partial charge is 0.274 e. The van der Waals surface area contributed by atoms with Gasteiger partial charge in [0.1, 0.15) is 19.4 Å². The summed E-state index contributed by atoms with van der Waals surface area (Å²) in [5.41, 5.74) is 2.81. The molecule has 25 heavy (non-hydrogen) atoms. The molecular weight excluding hydrogens is 314 g/mol. The van der Waals surface area contributed by atoms with E-state index in [1.54, 1.807) is 6.33 Å². The van der Waals surface area contributed by atoms with Gasteiger partial charge in [-0.1, -0.05) is 18.2 Å². The van der Waals surface area contributed by atoms with Crippen LogP contribution in [0.15, 0.2) is 55.0 Å². The molecule has 0 aliphatic carbocycles. The van der Waals surface area contributed by atoms with E-state index in [0.29, 0.717) is 0 Å². The molecule has 7 heteroatoms. The molecule has 4 aromatic rings. The molecule has 5 rings (SSSR count). The van der Waals surface area contributed by atoms with Crippen LogP contribution in [-0.2, 0) is 0 Å². The summed E-state index contributed by atoms with van der Waals surface area (Å²) in [5, 5.41) is 8.41. The number of hydrogen-bond acceptors (Lipinski definition) is 5. The summed E-state index contributed by atoms with van der Waals surface area (Å²) >= 11 is 0. The minimum absolute atomic E-state index is 0.818. The summed E-state index contributed by atoms with van der Waals surface area (Å²) in [4.78, 5) is 12.8. The van der Waals surface area contributed by atoms with Gasteiger partial charge in [0.2, 0.25) is 5.65 Å². The number of aromatic amines is 1. The number of benzene rings is 1. The minimum Gasteiger partial charge on any atom is -0.346 e. The molecule has 1 N–H and O–H groups in total. The molecule has 0 radical (unpaired) electrons.